The van der Waals surface area contributed by atoms with Gasteiger partial charge in [0.25, 0.3) is 0 Å². The Hall–Kier alpha value is -2.51. The molecule has 30 heavy (non-hydrogen) atoms. The van der Waals surface area contributed by atoms with Crippen LogP contribution >= 0.6 is 12.2 Å². The summed E-state index contributed by atoms with van der Waals surface area (Å²) in [7, 11) is 1.82. The molecule has 1 saturated heterocycles. The van der Waals surface area contributed by atoms with Crippen molar-refractivity contribution in [2.24, 2.45) is 0 Å². The molecule has 1 aliphatic heterocycles. The number of nitrogens with zero attached hydrogens (tertiary/aromatic N) is 2. The first-order valence-corrected chi connectivity index (χ1v) is 10.7. The number of nitrogens with one attached hydrogen (secondary N) is 2. The maximum Gasteiger partial charge on any atom is 0.242 e. The Morgan fingerprint density at radius 3 is 2.53 bits per heavy atom. The SMILES string of the molecule is Cc1cccc(C[NH+]2CCN(C(=O)CN(C)C(=S)NCc3ccc(F)cc3)CC2)c1. The van der Waals surface area contributed by atoms with Crippen LogP contribution in [-0.2, 0) is 17.9 Å². The monoisotopic (exact) mass is 429 g/mol. The minimum absolute atomic E-state index is 0.0954. The molecule has 1 fully saturated rings. The summed E-state index contributed by atoms with van der Waals surface area (Å²) < 4.78 is 13.0. The Bertz CT molecular complexity index is 866. The van der Waals surface area contributed by atoms with Gasteiger partial charge in [-0.1, -0.05) is 42.0 Å². The highest BCUT2D eigenvalue weighted by Crippen LogP contribution is 2.04. The number of amides is 1. The third kappa shape index (κ3) is 6.50. The summed E-state index contributed by atoms with van der Waals surface area (Å²) in [5.74, 6) is -0.164. The normalized spacial score (nSPS) is 14.4. The molecule has 0 spiro atoms. The number of benzene rings is 2. The molecule has 0 atom stereocenters. The van der Waals surface area contributed by atoms with Crippen molar-refractivity contribution < 1.29 is 14.1 Å². The van der Waals surface area contributed by atoms with Crippen LogP contribution in [0.5, 0.6) is 0 Å². The lowest BCUT2D eigenvalue weighted by atomic mass is 10.1. The molecular formula is C23H30FN4OS+. The zero-order valence-corrected chi connectivity index (χ0v) is 18.5. The lowest BCUT2D eigenvalue weighted by Gasteiger charge is -2.33. The van der Waals surface area contributed by atoms with Gasteiger partial charge in [0.05, 0.1) is 32.7 Å². The van der Waals surface area contributed by atoms with Gasteiger partial charge in [-0.3, -0.25) is 4.79 Å². The second kappa shape index (κ2) is 10.5. The van der Waals surface area contributed by atoms with Crippen LogP contribution in [0.25, 0.3) is 0 Å². The molecule has 1 aliphatic rings. The van der Waals surface area contributed by atoms with Crippen LogP contribution in [0, 0.1) is 12.7 Å². The van der Waals surface area contributed by atoms with Crippen LogP contribution in [0.2, 0.25) is 0 Å². The van der Waals surface area contributed by atoms with E-state index in [1.54, 1.807) is 17.0 Å². The molecule has 0 bridgehead atoms. The number of likely N-dealkylation sites (N-methyl/N-ethyl adjacent to an activating group) is 1. The highest BCUT2D eigenvalue weighted by Gasteiger charge is 2.24. The van der Waals surface area contributed by atoms with E-state index in [1.807, 2.05) is 11.9 Å². The standard InChI is InChI=1S/C23H29FN4OS/c1-18-4-3-5-20(14-18)16-27-10-12-28(13-11-27)22(29)17-26(2)23(30)25-15-19-6-8-21(24)9-7-19/h3-9,14H,10-13,15-17H2,1-2H3,(H,25,30)/p+1. The van der Waals surface area contributed by atoms with Crippen molar-refractivity contribution in [2.45, 2.75) is 20.0 Å². The van der Waals surface area contributed by atoms with Crippen LogP contribution in [0.15, 0.2) is 48.5 Å². The number of thiocarbonyl (C=S) groups is 1. The zero-order valence-electron chi connectivity index (χ0n) is 17.7. The van der Waals surface area contributed by atoms with Crippen molar-refractivity contribution in [1.29, 1.82) is 0 Å². The van der Waals surface area contributed by atoms with E-state index >= 15 is 0 Å². The first-order valence-electron chi connectivity index (χ1n) is 10.3. The summed E-state index contributed by atoms with van der Waals surface area (Å²) in [5.41, 5.74) is 3.57. The summed E-state index contributed by atoms with van der Waals surface area (Å²) in [6.45, 7) is 7.31. The minimum atomic E-state index is -0.259. The molecule has 3 rings (SSSR count). The van der Waals surface area contributed by atoms with Crippen LogP contribution < -0.4 is 10.2 Å². The summed E-state index contributed by atoms with van der Waals surface area (Å²) >= 11 is 5.39. The molecule has 2 aromatic rings. The predicted octanol–water partition coefficient (Wildman–Crippen LogP) is 1.37. The highest BCUT2D eigenvalue weighted by atomic mass is 32.1. The smallest absolute Gasteiger partial charge is 0.242 e. The molecule has 1 heterocycles. The Labute approximate surface area is 183 Å². The van der Waals surface area contributed by atoms with Gasteiger partial charge < -0.3 is 20.0 Å². The number of hydrogen-bond donors (Lipinski definition) is 2. The van der Waals surface area contributed by atoms with Gasteiger partial charge >= 0.3 is 0 Å². The molecule has 0 aromatic heterocycles. The Kier molecular flexibility index (Phi) is 7.76. The fourth-order valence-corrected chi connectivity index (χ4v) is 3.79. The fraction of sp³-hybridized carbons (Fsp3) is 0.391. The number of carbonyl (C=O) groups excluding carboxylic acids is 1. The molecule has 7 heteroatoms. The van der Waals surface area contributed by atoms with Gasteiger partial charge in [0.15, 0.2) is 5.11 Å². The first-order chi connectivity index (χ1) is 14.4. The summed E-state index contributed by atoms with van der Waals surface area (Å²) in [6, 6.07) is 14.9. The number of aryl methyl sites for hydroxylation is 1. The molecule has 1 amide bonds. The highest BCUT2D eigenvalue weighted by molar-refractivity contribution is 7.80. The lowest BCUT2D eigenvalue weighted by molar-refractivity contribution is -0.917. The maximum atomic E-state index is 13.0. The van der Waals surface area contributed by atoms with Crippen molar-refractivity contribution in [3.63, 3.8) is 0 Å². The molecule has 0 saturated carbocycles. The number of rotatable bonds is 6. The second-order valence-corrected chi connectivity index (χ2v) is 8.32. The molecule has 0 aliphatic carbocycles. The zero-order chi connectivity index (χ0) is 21.5. The van der Waals surface area contributed by atoms with Crippen molar-refractivity contribution in [2.75, 3.05) is 39.8 Å². The molecule has 0 radical (unpaired) electrons. The predicted molar refractivity (Wildman–Crippen MR) is 121 cm³/mol. The molecule has 0 unspecified atom stereocenters. The fourth-order valence-electron chi connectivity index (χ4n) is 3.65. The molecule has 5 nitrogen and oxygen atoms in total. The van der Waals surface area contributed by atoms with E-state index in [2.05, 4.69) is 36.5 Å². The van der Waals surface area contributed by atoms with Gasteiger partial charge in [0, 0.05) is 19.2 Å². The van der Waals surface area contributed by atoms with Gasteiger partial charge in [-0.25, -0.2) is 4.39 Å². The molecule has 160 valence electrons. The minimum Gasteiger partial charge on any atom is -0.358 e. The van der Waals surface area contributed by atoms with E-state index in [4.69, 9.17) is 12.2 Å². The van der Waals surface area contributed by atoms with Gasteiger partial charge in [-0.2, -0.15) is 0 Å². The third-order valence-corrected chi connectivity index (χ3v) is 5.89. The van der Waals surface area contributed by atoms with Crippen LogP contribution in [0.4, 0.5) is 4.39 Å². The van der Waals surface area contributed by atoms with E-state index in [0.29, 0.717) is 11.7 Å². The van der Waals surface area contributed by atoms with Gasteiger partial charge in [0.2, 0.25) is 5.91 Å². The quantitative estimate of drug-likeness (QED) is 0.681. The summed E-state index contributed by atoms with van der Waals surface area (Å²) in [5, 5.41) is 3.64. The van der Waals surface area contributed by atoms with E-state index in [9.17, 15) is 9.18 Å². The number of quaternary nitrogens is 1. The Balaban J connectivity index is 1.40. The Morgan fingerprint density at radius 1 is 1.17 bits per heavy atom. The molecule has 2 aromatic carbocycles. The van der Waals surface area contributed by atoms with Crippen LogP contribution in [-0.4, -0.2) is 60.6 Å². The van der Waals surface area contributed by atoms with E-state index in [1.165, 1.54) is 28.2 Å². The average Bonchev–Trinajstić information content (AvgIpc) is 2.73. The van der Waals surface area contributed by atoms with Crippen molar-refractivity contribution in [3.05, 3.63) is 71.0 Å². The summed E-state index contributed by atoms with van der Waals surface area (Å²) in [6.07, 6.45) is 0. The largest absolute Gasteiger partial charge is 0.358 e. The van der Waals surface area contributed by atoms with E-state index < -0.39 is 0 Å². The first kappa shape index (κ1) is 22.2. The van der Waals surface area contributed by atoms with Crippen molar-refractivity contribution >= 4 is 23.2 Å². The molecular weight excluding hydrogens is 399 g/mol. The summed E-state index contributed by atoms with van der Waals surface area (Å²) in [4.78, 5) is 17.9. The van der Waals surface area contributed by atoms with E-state index in [0.717, 1.165) is 38.3 Å². The molecule has 2 N–H and O–H groups in total. The van der Waals surface area contributed by atoms with Crippen molar-refractivity contribution in [1.82, 2.24) is 15.1 Å². The number of piperazine rings is 1. The number of carbonyl (C=O) groups is 1. The lowest BCUT2D eigenvalue weighted by Crippen LogP contribution is -3.13. The van der Waals surface area contributed by atoms with E-state index in [-0.39, 0.29) is 18.3 Å². The second-order valence-electron chi connectivity index (χ2n) is 7.94. The van der Waals surface area contributed by atoms with Crippen LogP contribution in [0.3, 0.4) is 0 Å². The van der Waals surface area contributed by atoms with Gasteiger partial charge in [-0.05, 0) is 36.8 Å². The van der Waals surface area contributed by atoms with Gasteiger partial charge in [0.1, 0.15) is 12.4 Å². The number of hydrogen-bond acceptors (Lipinski definition) is 2. The third-order valence-electron chi connectivity index (χ3n) is 5.44. The number of halogens is 1. The average molecular weight is 430 g/mol. The van der Waals surface area contributed by atoms with Crippen molar-refractivity contribution in [3.8, 4) is 0 Å². The van der Waals surface area contributed by atoms with Gasteiger partial charge in [-0.15, -0.1) is 0 Å². The topological polar surface area (TPSA) is 40.0 Å². The Morgan fingerprint density at radius 2 is 1.87 bits per heavy atom. The van der Waals surface area contributed by atoms with Crippen LogP contribution in [0.1, 0.15) is 16.7 Å². The maximum absolute atomic E-state index is 13.0.